The summed E-state index contributed by atoms with van der Waals surface area (Å²) in [6, 6.07) is 14.4. The number of rotatable bonds is 9. The van der Waals surface area contributed by atoms with Gasteiger partial charge >= 0.3 is 6.36 Å². The smallest absolute Gasteiger partial charge is 0.406 e. The molecule has 0 saturated carbocycles. The third-order valence-electron chi connectivity index (χ3n) is 5.51. The first-order chi connectivity index (χ1) is 15.2. The van der Waals surface area contributed by atoms with Gasteiger partial charge in [0.1, 0.15) is 5.75 Å². The van der Waals surface area contributed by atoms with Crippen molar-refractivity contribution >= 4 is 17.0 Å². The maximum absolute atomic E-state index is 12.5. The minimum absolute atomic E-state index is 0.226. The largest absolute Gasteiger partial charge is 0.573 e. The molecule has 0 amide bonds. The SMILES string of the molecule is CCC(C)Cc1nc(-c2ccc(N(CC)CC)cc2)c(-c2ccc(OC(F)(F)F)cc2)s1. The zero-order valence-electron chi connectivity index (χ0n) is 18.9. The van der Waals surface area contributed by atoms with Crippen molar-refractivity contribution in [3.05, 3.63) is 53.5 Å². The Morgan fingerprint density at radius 1 is 0.938 bits per heavy atom. The number of aromatic nitrogens is 1. The van der Waals surface area contributed by atoms with E-state index in [1.54, 1.807) is 23.5 Å². The van der Waals surface area contributed by atoms with Crippen molar-refractivity contribution < 1.29 is 17.9 Å². The van der Waals surface area contributed by atoms with Gasteiger partial charge in [-0.1, -0.05) is 32.4 Å². The lowest BCUT2D eigenvalue weighted by molar-refractivity contribution is -0.274. The van der Waals surface area contributed by atoms with Gasteiger partial charge in [-0.05, 0) is 61.7 Å². The number of anilines is 1. The summed E-state index contributed by atoms with van der Waals surface area (Å²) < 4.78 is 41.6. The molecule has 172 valence electrons. The molecule has 1 unspecified atom stereocenters. The van der Waals surface area contributed by atoms with Crippen molar-refractivity contribution in [2.75, 3.05) is 18.0 Å². The molecule has 0 spiro atoms. The highest BCUT2D eigenvalue weighted by Crippen LogP contribution is 2.39. The van der Waals surface area contributed by atoms with Crippen molar-refractivity contribution in [3.63, 3.8) is 0 Å². The molecule has 0 fully saturated rings. The second kappa shape index (κ2) is 10.4. The Balaban J connectivity index is 1.98. The molecule has 0 aliphatic carbocycles. The molecular weight excluding hydrogens is 433 g/mol. The quantitative estimate of drug-likeness (QED) is 0.324. The average molecular weight is 463 g/mol. The van der Waals surface area contributed by atoms with Crippen LogP contribution in [0.3, 0.4) is 0 Å². The molecule has 1 aromatic heterocycles. The van der Waals surface area contributed by atoms with Crippen molar-refractivity contribution in [2.24, 2.45) is 5.92 Å². The monoisotopic (exact) mass is 462 g/mol. The van der Waals surface area contributed by atoms with Gasteiger partial charge in [0.05, 0.1) is 15.6 Å². The van der Waals surface area contributed by atoms with Crippen LogP contribution >= 0.6 is 11.3 Å². The van der Waals surface area contributed by atoms with E-state index in [4.69, 9.17) is 4.98 Å². The average Bonchev–Trinajstić information content (AvgIpc) is 3.18. The predicted molar refractivity (Wildman–Crippen MR) is 126 cm³/mol. The molecule has 3 rings (SSSR count). The highest BCUT2D eigenvalue weighted by molar-refractivity contribution is 7.15. The fraction of sp³-hybridized carbons (Fsp3) is 0.400. The van der Waals surface area contributed by atoms with Crippen LogP contribution in [0.25, 0.3) is 21.7 Å². The van der Waals surface area contributed by atoms with Crippen molar-refractivity contribution in [2.45, 2.75) is 46.9 Å². The molecule has 3 aromatic rings. The number of alkyl halides is 3. The Hall–Kier alpha value is -2.54. The Morgan fingerprint density at radius 3 is 2.06 bits per heavy atom. The Kier molecular flexibility index (Phi) is 7.82. The standard InChI is InChI=1S/C25H29F3N2OS/c1-5-17(4)16-22-29-23(18-8-12-20(13-9-18)30(6-2)7-3)24(32-22)19-10-14-21(15-11-19)31-25(26,27)28/h8-15,17H,5-7,16H2,1-4H3. The first kappa shape index (κ1) is 24.1. The first-order valence-electron chi connectivity index (χ1n) is 10.9. The van der Waals surface area contributed by atoms with E-state index in [0.29, 0.717) is 5.92 Å². The number of ether oxygens (including phenoxy) is 1. The normalized spacial score (nSPS) is 12.6. The third-order valence-corrected chi connectivity index (χ3v) is 6.64. The molecule has 0 saturated heterocycles. The molecule has 1 heterocycles. The summed E-state index contributed by atoms with van der Waals surface area (Å²) in [7, 11) is 0. The molecule has 32 heavy (non-hydrogen) atoms. The maximum Gasteiger partial charge on any atom is 0.573 e. The summed E-state index contributed by atoms with van der Waals surface area (Å²) in [5.41, 5.74) is 3.85. The van der Waals surface area contributed by atoms with Gasteiger partial charge in [0.15, 0.2) is 0 Å². The summed E-state index contributed by atoms with van der Waals surface area (Å²) in [5.74, 6) is 0.283. The molecule has 0 aliphatic heterocycles. The van der Waals surface area contributed by atoms with E-state index >= 15 is 0 Å². The van der Waals surface area contributed by atoms with E-state index in [-0.39, 0.29) is 5.75 Å². The molecule has 0 bridgehead atoms. The summed E-state index contributed by atoms with van der Waals surface area (Å²) in [4.78, 5) is 8.17. The van der Waals surface area contributed by atoms with Crippen LogP contribution in [0.2, 0.25) is 0 Å². The minimum Gasteiger partial charge on any atom is -0.406 e. The number of hydrogen-bond acceptors (Lipinski definition) is 4. The highest BCUT2D eigenvalue weighted by atomic mass is 32.1. The van der Waals surface area contributed by atoms with Crippen LogP contribution in [0, 0.1) is 5.92 Å². The Bertz CT molecular complexity index is 994. The van der Waals surface area contributed by atoms with Gasteiger partial charge in [-0.2, -0.15) is 0 Å². The summed E-state index contributed by atoms with van der Waals surface area (Å²) in [6.07, 6.45) is -2.76. The van der Waals surface area contributed by atoms with Gasteiger partial charge in [0.25, 0.3) is 0 Å². The Morgan fingerprint density at radius 2 is 1.53 bits per heavy atom. The van der Waals surface area contributed by atoms with Crippen LogP contribution in [-0.4, -0.2) is 24.4 Å². The van der Waals surface area contributed by atoms with Crippen LogP contribution in [-0.2, 0) is 6.42 Å². The van der Waals surface area contributed by atoms with Gasteiger partial charge in [-0.25, -0.2) is 4.98 Å². The number of nitrogens with zero attached hydrogens (tertiary/aromatic N) is 2. The first-order valence-corrected chi connectivity index (χ1v) is 11.8. The van der Waals surface area contributed by atoms with Crippen LogP contribution in [0.5, 0.6) is 5.75 Å². The zero-order valence-corrected chi connectivity index (χ0v) is 19.7. The minimum atomic E-state index is -4.70. The van der Waals surface area contributed by atoms with Crippen LogP contribution in [0.1, 0.15) is 39.1 Å². The molecule has 7 heteroatoms. The molecule has 0 N–H and O–H groups in total. The van der Waals surface area contributed by atoms with Crippen LogP contribution < -0.4 is 9.64 Å². The van der Waals surface area contributed by atoms with Crippen LogP contribution in [0.15, 0.2) is 48.5 Å². The van der Waals surface area contributed by atoms with Crippen molar-refractivity contribution in [3.8, 4) is 27.4 Å². The highest BCUT2D eigenvalue weighted by Gasteiger charge is 2.31. The summed E-state index contributed by atoms with van der Waals surface area (Å²) in [5, 5.41) is 1.03. The predicted octanol–water partition coefficient (Wildman–Crippen LogP) is 7.81. The molecule has 0 radical (unpaired) electrons. The lowest BCUT2D eigenvalue weighted by Gasteiger charge is -2.21. The Labute approximate surface area is 191 Å². The van der Waals surface area contributed by atoms with Gasteiger partial charge in [-0.3, -0.25) is 0 Å². The molecule has 2 aromatic carbocycles. The second-order valence-corrected chi connectivity index (χ2v) is 8.88. The van der Waals surface area contributed by atoms with Crippen molar-refractivity contribution in [1.82, 2.24) is 4.98 Å². The zero-order chi connectivity index (χ0) is 23.3. The summed E-state index contributed by atoms with van der Waals surface area (Å²) >= 11 is 1.61. The van der Waals surface area contributed by atoms with Crippen LogP contribution in [0.4, 0.5) is 18.9 Å². The molecule has 1 atom stereocenters. The molecule has 0 aliphatic rings. The lowest BCUT2D eigenvalue weighted by atomic mass is 10.0. The molecular formula is C25H29F3N2OS. The number of hydrogen-bond donors (Lipinski definition) is 0. The second-order valence-electron chi connectivity index (χ2n) is 7.79. The topological polar surface area (TPSA) is 25.4 Å². The van der Waals surface area contributed by atoms with E-state index in [1.165, 1.54) is 12.1 Å². The summed E-state index contributed by atoms with van der Waals surface area (Å²) in [6.45, 7) is 10.5. The third kappa shape index (κ3) is 6.03. The van der Waals surface area contributed by atoms with E-state index in [1.807, 2.05) is 0 Å². The van der Waals surface area contributed by atoms with Gasteiger partial charge in [-0.15, -0.1) is 24.5 Å². The van der Waals surface area contributed by atoms with Gasteiger partial charge in [0.2, 0.25) is 0 Å². The fourth-order valence-corrected chi connectivity index (χ4v) is 4.77. The van der Waals surface area contributed by atoms with E-state index < -0.39 is 6.36 Å². The van der Waals surface area contributed by atoms with Gasteiger partial charge < -0.3 is 9.64 Å². The number of halogens is 3. The number of thiazole rings is 1. The number of benzene rings is 2. The van der Waals surface area contributed by atoms with E-state index in [9.17, 15) is 13.2 Å². The maximum atomic E-state index is 12.5. The van der Waals surface area contributed by atoms with Gasteiger partial charge in [0, 0.05) is 30.8 Å². The van der Waals surface area contributed by atoms with E-state index in [0.717, 1.165) is 58.3 Å². The lowest BCUT2D eigenvalue weighted by Crippen LogP contribution is -2.21. The van der Waals surface area contributed by atoms with Crippen molar-refractivity contribution in [1.29, 1.82) is 0 Å². The molecule has 3 nitrogen and oxygen atoms in total. The fourth-order valence-electron chi connectivity index (χ4n) is 3.51. The van der Waals surface area contributed by atoms with E-state index in [2.05, 4.69) is 61.6 Å².